The van der Waals surface area contributed by atoms with Crippen molar-refractivity contribution in [2.45, 2.75) is 24.2 Å². The third-order valence-corrected chi connectivity index (χ3v) is 9.63. The molecule has 5 aromatic rings. The van der Waals surface area contributed by atoms with E-state index in [2.05, 4.69) is 15.2 Å². The van der Waals surface area contributed by atoms with Crippen molar-refractivity contribution in [3.05, 3.63) is 100 Å². The average Bonchev–Trinajstić information content (AvgIpc) is 3.54. The maximum absolute atomic E-state index is 13.8. The lowest BCUT2D eigenvalue weighted by Gasteiger charge is -2.12. The highest BCUT2D eigenvalue weighted by atomic mass is 32.2. The topological polar surface area (TPSA) is 167 Å². The fourth-order valence-electron chi connectivity index (χ4n) is 4.16. The molecular weight excluding hydrogens is 594 g/mol. The van der Waals surface area contributed by atoms with Gasteiger partial charge in [-0.25, -0.2) is 22.9 Å². The predicted octanol–water partition coefficient (Wildman–Crippen LogP) is 3.63. The van der Waals surface area contributed by atoms with Crippen molar-refractivity contribution < 1.29 is 30.4 Å². The van der Waals surface area contributed by atoms with Crippen LogP contribution in [0.3, 0.4) is 0 Å². The molecule has 3 aromatic carbocycles. The molecule has 0 aliphatic rings. The number of benzene rings is 3. The lowest BCUT2D eigenvalue weighted by atomic mass is 10.0. The highest BCUT2D eigenvalue weighted by Crippen LogP contribution is 2.38. The fourth-order valence-corrected chi connectivity index (χ4v) is 7.62. The Balaban J connectivity index is 1.53. The van der Waals surface area contributed by atoms with Crippen LogP contribution in [-0.4, -0.2) is 39.1 Å². The van der Waals surface area contributed by atoms with E-state index >= 15 is 0 Å². The van der Waals surface area contributed by atoms with E-state index in [-0.39, 0.29) is 22.4 Å². The van der Waals surface area contributed by atoms with Crippen molar-refractivity contribution in [3.8, 4) is 11.1 Å². The smallest absolute Gasteiger partial charge is 0.274 e. The number of methoxy groups -OCH3 is 1. The van der Waals surface area contributed by atoms with Gasteiger partial charge >= 0.3 is 0 Å². The van der Waals surface area contributed by atoms with Gasteiger partial charge in [0.1, 0.15) is 10.8 Å². The number of hydrogen-bond acceptors (Lipinski definition) is 10. The Labute approximate surface area is 239 Å². The van der Waals surface area contributed by atoms with Gasteiger partial charge in [0, 0.05) is 7.11 Å². The van der Waals surface area contributed by atoms with Crippen LogP contribution in [0.2, 0.25) is 0 Å². The molecule has 1 unspecified atom stereocenters. The summed E-state index contributed by atoms with van der Waals surface area (Å²) in [5.74, 6) is -1.61. The molecule has 0 radical (unpaired) electrons. The third-order valence-electron chi connectivity index (χ3n) is 5.97. The number of nitrogens with zero attached hydrogens (tertiary/aromatic N) is 3. The maximum Gasteiger partial charge on any atom is 0.274 e. The lowest BCUT2D eigenvalue weighted by molar-refractivity contribution is 0.185. The van der Waals surface area contributed by atoms with Crippen LogP contribution in [0.15, 0.2) is 71.1 Å². The number of ether oxygens (including phenoxy) is 1. The Hall–Kier alpha value is -3.60. The van der Waals surface area contributed by atoms with E-state index < -0.39 is 43.4 Å². The van der Waals surface area contributed by atoms with Gasteiger partial charge in [0.2, 0.25) is 11.8 Å². The molecule has 5 rings (SSSR count). The molecule has 0 amide bonds. The highest BCUT2D eigenvalue weighted by molar-refractivity contribution is 7.91. The van der Waals surface area contributed by atoms with E-state index in [4.69, 9.17) is 14.3 Å². The number of hydrogen-bond donors (Lipinski definition) is 2. The molecule has 2 aromatic heterocycles. The first kappa shape index (κ1) is 28.9. The van der Waals surface area contributed by atoms with E-state index in [0.29, 0.717) is 12.1 Å². The second kappa shape index (κ2) is 11.7. The van der Waals surface area contributed by atoms with Crippen LogP contribution in [0.1, 0.15) is 33.2 Å². The molecule has 2 heterocycles. The largest absolute Gasteiger partial charge is 0.422 e. The molecule has 0 saturated carbocycles. The van der Waals surface area contributed by atoms with Crippen LogP contribution in [0.5, 0.6) is 0 Å². The summed E-state index contributed by atoms with van der Waals surface area (Å²) < 4.78 is 77.4. The number of aromatic nitrogens is 3. The molecule has 0 saturated heterocycles. The summed E-state index contributed by atoms with van der Waals surface area (Å²) in [5.41, 5.74) is 3.69. The van der Waals surface area contributed by atoms with Crippen molar-refractivity contribution in [1.82, 2.24) is 19.9 Å². The second-order valence-corrected chi connectivity index (χ2v) is 13.6. The zero-order valence-electron chi connectivity index (χ0n) is 21.5. The highest BCUT2D eigenvalue weighted by Gasteiger charge is 2.37. The van der Waals surface area contributed by atoms with Crippen LogP contribution < -0.4 is 9.86 Å². The number of nitrogens with one attached hydrogen (secondary N) is 1. The zero-order valence-corrected chi connectivity index (χ0v) is 24.0. The van der Waals surface area contributed by atoms with Crippen molar-refractivity contribution in [3.63, 3.8) is 0 Å². The van der Waals surface area contributed by atoms with Crippen LogP contribution in [0.4, 0.5) is 4.39 Å². The van der Waals surface area contributed by atoms with Crippen LogP contribution in [0, 0.1) is 5.82 Å². The first-order chi connectivity index (χ1) is 19.5. The molecule has 41 heavy (non-hydrogen) atoms. The second-order valence-electron chi connectivity index (χ2n) is 9.08. The fraction of sp³-hybridized carbons (Fsp3) is 0.192. The molecule has 0 aliphatic carbocycles. The van der Waals surface area contributed by atoms with Gasteiger partial charge in [0.15, 0.2) is 15.1 Å². The maximum atomic E-state index is 13.8. The molecule has 1 atom stereocenters. The minimum absolute atomic E-state index is 0.165. The molecule has 3 N–H and O–H groups in total. The molecule has 11 nitrogen and oxygen atoms in total. The van der Waals surface area contributed by atoms with Gasteiger partial charge in [0.25, 0.3) is 10.2 Å². The quantitative estimate of drug-likeness (QED) is 0.225. The Kier molecular flexibility index (Phi) is 8.26. The summed E-state index contributed by atoms with van der Waals surface area (Å²) in [6.45, 7) is 0.0629. The Morgan fingerprint density at radius 2 is 1.76 bits per heavy atom. The minimum Gasteiger partial charge on any atom is -0.422 e. The first-order valence-corrected chi connectivity index (χ1v) is 16.1. The van der Waals surface area contributed by atoms with Crippen LogP contribution >= 0.6 is 11.3 Å². The normalized spacial score (nSPS) is 13.0. The summed E-state index contributed by atoms with van der Waals surface area (Å²) in [4.78, 5) is 4.57. The molecule has 0 bridgehead atoms. The Bertz CT molecular complexity index is 1910. The van der Waals surface area contributed by atoms with E-state index in [1.165, 1.54) is 18.2 Å². The predicted molar refractivity (Wildman–Crippen MR) is 151 cm³/mol. The molecule has 0 fully saturated rings. The van der Waals surface area contributed by atoms with Gasteiger partial charge in [-0.05, 0) is 46.5 Å². The van der Waals surface area contributed by atoms with E-state index in [9.17, 15) is 21.2 Å². The summed E-state index contributed by atoms with van der Waals surface area (Å²) in [6.07, 6.45) is 0. The van der Waals surface area contributed by atoms with Crippen LogP contribution in [-0.2, 0) is 43.7 Å². The molecule has 214 valence electrons. The van der Waals surface area contributed by atoms with E-state index in [1.807, 2.05) is 41.1 Å². The molecular formula is C26H24FN5O6S3. The monoisotopic (exact) mass is 617 g/mol. The standard InChI is InChI=1S/C26H24FN5O6S3/c1-37-14-16-5-7-18(8-6-16)19-9-10-21-22(12-19)39-26(30-21)24(25-32-31-23(38-25)13-29-41(28,35)36)40(33,34)15-17-3-2-4-20(27)11-17/h2-12,24,29H,13-15H2,1H3,(H2,28,35,36). The van der Waals surface area contributed by atoms with Gasteiger partial charge < -0.3 is 9.15 Å². The summed E-state index contributed by atoms with van der Waals surface area (Å²) >= 11 is 1.14. The number of fused-ring (bicyclic) bond motifs is 1. The van der Waals surface area contributed by atoms with Crippen molar-refractivity contribution in [2.75, 3.05) is 7.11 Å². The Morgan fingerprint density at radius 3 is 2.46 bits per heavy atom. The first-order valence-electron chi connectivity index (χ1n) is 12.1. The SMILES string of the molecule is COCc1ccc(-c2ccc3nc(C(c4nnc(CNS(N)(=O)=O)o4)S(=O)(=O)Cc4cccc(F)c4)sc3c2)cc1. The van der Waals surface area contributed by atoms with Crippen LogP contribution in [0.25, 0.3) is 21.3 Å². The molecule has 0 aliphatic heterocycles. The van der Waals surface area contributed by atoms with Gasteiger partial charge in [-0.2, -0.15) is 13.1 Å². The van der Waals surface area contributed by atoms with Crippen molar-refractivity contribution in [2.24, 2.45) is 5.14 Å². The zero-order chi connectivity index (χ0) is 29.2. The van der Waals surface area contributed by atoms with Crippen molar-refractivity contribution in [1.29, 1.82) is 0 Å². The average molecular weight is 618 g/mol. The lowest BCUT2D eigenvalue weighted by Crippen LogP contribution is -2.30. The number of halogens is 1. The summed E-state index contributed by atoms with van der Waals surface area (Å²) in [7, 11) is -6.56. The number of rotatable bonds is 11. The summed E-state index contributed by atoms with van der Waals surface area (Å²) in [5, 5.41) is 11.3. The van der Waals surface area contributed by atoms with Crippen molar-refractivity contribution >= 4 is 41.6 Å². The molecule has 0 spiro atoms. The van der Waals surface area contributed by atoms with E-state index in [0.717, 1.165) is 38.8 Å². The van der Waals surface area contributed by atoms with Gasteiger partial charge in [-0.1, -0.05) is 42.5 Å². The van der Waals surface area contributed by atoms with Gasteiger partial charge in [-0.15, -0.1) is 21.5 Å². The Morgan fingerprint density at radius 1 is 1.00 bits per heavy atom. The molecule has 15 heteroatoms. The van der Waals surface area contributed by atoms with E-state index in [1.54, 1.807) is 13.2 Å². The number of thiazole rings is 1. The minimum atomic E-state index is -4.14. The number of sulfone groups is 1. The third kappa shape index (κ3) is 7.01. The van der Waals surface area contributed by atoms with Gasteiger partial charge in [-0.3, -0.25) is 0 Å². The van der Waals surface area contributed by atoms with Gasteiger partial charge in [0.05, 0.1) is 29.1 Å². The number of nitrogens with two attached hydrogens (primary N) is 1. The summed E-state index contributed by atoms with van der Waals surface area (Å²) in [6, 6.07) is 18.7.